The molecule has 0 bridgehead atoms. The molecule has 3 heterocycles. The number of hydrogen-bond acceptors (Lipinski definition) is 3. The summed E-state index contributed by atoms with van der Waals surface area (Å²) in [6.07, 6.45) is 2.41. The van der Waals surface area contributed by atoms with Crippen LogP contribution in [0.1, 0.15) is 11.3 Å². The minimum Gasteiger partial charge on any atom is -0.302 e. The summed E-state index contributed by atoms with van der Waals surface area (Å²) in [5, 5.41) is 11.0. The van der Waals surface area contributed by atoms with E-state index in [9.17, 15) is 0 Å². The molecule has 18 heavy (non-hydrogen) atoms. The van der Waals surface area contributed by atoms with Crippen LogP contribution in [0.5, 0.6) is 0 Å². The van der Waals surface area contributed by atoms with Gasteiger partial charge in [0.15, 0.2) is 0 Å². The van der Waals surface area contributed by atoms with Crippen molar-refractivity contribution in [2.75, 3.05) is 0 Å². The third-order valence-electron chi connectivity index (χ3n) is 2.87. The number of aryl methyl sites for hydroxylation is 1. The van der Waals surface area contributed by atoms with Crippen LogP contribution in [0.2, 0.25) is 0 Å². The highest BCUT2D eigenvalue weighted by atomic mass is 32.1. The normalized spacial score (nSPS) is 10.7. The number of imidazole rings is 1. The van der Waals surface area contributed by atoms with Crippen LogP contribution in [-0.2, 0) is 6.42 Å². The van der Waals surface area contributed by atoms with E-state index in [1.54, 1.807) is 11.3 Å². The first-order chi connectivity index (χ1) is 8.79. The number of aromatic nitrogens is 2. The lowest BCUT2D eigenvalue weighted by Crippen LogP contribution is -1.93. The molecule has 0 saturated carbocycles. The van der Waals surface area contributed by atoms with E-state index < -0.39 is 0 Å². The fourth-order valence-corrected chi connectivity index (χ4v) is 2.79. The van der Waals surface area contributed by atoms with E-state index in [1.165, 1.54) is 0 Å². The predicted octanol–water partition coefficient (Wildman–Crippen LogP) is 3.44. The fraction of sp³-hybridized carbons (Fsp3) is 0.143. The van der Waals surface area contributed by atoms with Gasteiger partial charge in [0.05, 0.1) is 23.1 Å². The van der Waals surface area contributed by atoms with Crippen LogP contribution >= 0.6 is 11.3 Å². The van der Waals surface area contributed by atoms with Gasteiger partial charge < -0.3 is 4.40 Å². The third-order valence-corrected chi connectivity index (χ3v) is 3.74. The van der Waals surface area contributed by atoms with Crippen LogP contribution in [0, 0.1) is 18.3 Å². The Kier molecular flexibility index (Phi) is 2.62. The van der Waals surface area contributed by atoms with E-state index in [2.05, 4.69) is 11.1 Å². The van der Waals surface area contributed by atoms with Gasteiger partial charge >= 0.3 is 0 Å². The monoisotopic (exact) mass is 253 g/mol. The summed E-state index contributed by atoms with van der Waals surface area (Å²) >= 11 is 1.65. The molecule has 0 radical (unpaired) electrons. The van der Waals surface area contributed by atoms with E-state index in [0.29, 0.717) is 6.42 Å². The molecule has 0 aliphatic rings. The molecule has 0 saturated heterocycles. The number of nitriles is 1. The van der Waals surface area contributed by atoms with E-state index >= 15 is 0 Å². The summed E-state index contributed by atoms with van der Waals surface area (Å²) < 4.78 is 2.02. The Balaban J connectivity index is 2.31. The second kappa shape index (κ2) is 4.28. The molecule has 0 amide bonds. The largest absolute Gasteiger partial charge is 0.302 e. The maximum absolute atomic E-state index is 9.00. The van der Waals surface area contributed by atoms with Crippen LogP contribution in [0.3, 0.4) is 0 Å². The standard InChI is InChI=1S/C14H11N3S/c1-10-4-5-13-16-14(12-3-2-8-18-12)11(6-7-15)17(13)9-10/h2-5,8-9H,6H2,1H3. The summed E-state index contributed by atoms with van der Waals surface area (Å²) in [5.41, 5.74) is 3.96. The number of rotatable bonds is 2. The number of nitrogens with zero attached hydrogens (tertiary/aromatic N) is 3. The summed E-state index contributed by atoms with van der Waals surface area (Å²) in [4.78, 5) is 5.75. The first-order valence-corrected chi connectivity index (χ1v) is 6.56. The Morgan fingerprint density at radius 2 is 2.28 bits per heavy atom. The van der Waals surface area contributed by atoms with Gasteiger partial charge in [-0.1, -0.05) is 12.1 Å². The third kappa shape index (κ3) is 1.69. The Labute approximate surface area is 109 Å². The first-order valence-electron chi connectivity index (χ1n) is 5.68. The maximum atomic E-state index is 9.00. The molecule has 0 spiro atoms. The number of pyridine rings is 1. The highest BCUT2D eigenvalue weighted by Gasteiger charge is 2.14. The van der Waals surface area contributed by atoms with Gasteiger partial charge in [0, 0.05) is 6.20 Å². The first kappa shape index (κ1) is 11.0. The average Bonchev–Trinajstić information content (AvgIpc) is 2.98. The van der Waals surface area contributed by atoms with Gasteiger partial charge in [0.1, 0.15) is 11.3 Å². The van der Waals surface area contributed by atoms with Crippen molar-refractivity contribution >= 4 is 17.0 Å². The van der Waals surface area contributed by atoms with Crippen molar-refractivity contribution in [2.45, 2.75) is 13.3 Å². The van der Waals surface area contributed by atoms with Crippen molar-refractivity contribution in [2.24, 2.45) is 0 Å². The van der Waals surface area contributed by atoms with Crippen molar-refractivity contribution in [3.05, 3.63) is 47.1 Å². The van der Waals surface area contributed by atoms with Crippen LogP contribution < -0.4 is 0 Å². The molecule has 3 aromatic rings. The molecule has 4 heteroatoms. The summed E-state index contributed by atoms with van der Waals surface area (Å²) in [6, 6.07) is 10.3. The molecule has 0 N–H and O–H groups in total. The van der Waals surface area contributed by atoms with Crippen LogP contribution in [0.4, 0.5) is 0 Å². The van der Waals surface area contributed by atoms with Crippen molar-refractivity contribution in [1.29, 1.82) is 5.26 Å². The molecular weight excluding hydrogens is 242 g/mol. The number of hydrogen-bond donors (Lipinski definition) is 0. The van der Waals surface area contributed by atoms with Gasteiger partial charge in [-0.25, -0.2) is 4.98 Å². The SMILES string of the molecule is Cc1ccc2nc(-c3cccs3)c(CC#N)n2c1. The topological polar surface area (TPSA) is 41.1 Å². The molecule has 0 atom stereocenters. The van der Waals surface area contributed by atoms with Crippen LogP contribution in [0.15, 0.2) is 35.8 Å². The lowest BCUT2D eigenvalue weighted by Gasteiger charge is -2.00. The zero-order valence-electron chi connectivity index (χ0n) is 9.92. The van der Waals surface area contributed by atoms with E-state index in [-0.39, 0.29) is 0 Å². The van der Waals surface area contributed by atoms with E-state index in [0.717, 1.165) is 27.5 Å². The lowest BCUT2D eigenvalue weighted by molar-refractivity contribution is 1.04. The average molecular weight is 253 g/mol. The lowest BCUT2D eigenvalue weighted by atomic mass is 10.2. The zero-order valence-corrected chi connectivity index (χ0v) is 10.7. The Hall–Kier alpha value is -2.12. The molecule has 0 unspecified atom stereocenters. The van der Waals surface area contributed by atoms with Gasteiger partial charge in [0.25, 0.3) is 0 Å². The second-order valence-electron chi connectivity index (χ2n) is 4.15. The summed E-state index contributed by atoms with van der Waals surface area (Å²) in [6.45, 7) is 2.04. The minimum atomic E-state index is 0.373. The van der Waals surface area contributed by atoms with E-state index in [4.69, 9.17) is 5.26 Å². The molecule has 3 aromatic heterocycles. The second-order valence-corrected chi connectivity index (χ2v) is 5.10. The molecule has 3 rings (SSSR count). The quantitative estimate of drug-likeness (QED) is 0.702. The highest BCUT2D eigenvalue weighted by molar-refractivity contribution is 7.13. The Bertz CT molecular complexity index is 732. The molecule has 3 nitrogen and oxygen atoms in total. The zero-order chi connectivity index (χ0) is 12.5. The molecule has 0 aliphatic carbocycles. The van der Waals surface area contributed by atoms with E-state index in [1.807, 2.05) is 47.2 Å². The fourth-order valence-electron chi connectivity index (χ4n) is 2.05. The summed E-state index contributed by atoms with van der Waals surface area (Å²) in [7, 11) is 0. The maximum Gasteiger partial charge on any atom is 0.137 e. The van der Waals surface area contributed by atoms with Gasteiger partial charge in [-0.3, -0.25) is 0 Å². The van der Waals surface area contributed by atoms with Crippen LogP contribution in [0.25, 0.3) is 16.2 Å². The highest BCUT2D eigenvalue weighted by Crippen LogP contribution is 2.28. The predicted molar refractivity (Wildman–Crippen MR) is 72.6 cm³/mol. The van der Waals surface area contributed by atoms with Gasteiger partial charge in [-0.05, 0) is 30.0 Å². The van der Waals surface area contributed by atoms with Gasteiger partial charge in [0.2, 0.25) is 0 Å². The number of fused-ring (bicyclic) bond motifs is 1. The number of thiophene rings is 1. The molecule has 88 valence electrons. The Morgan fingerprint density at radius 3 is 3.00 bits per heavy atom. The molecule has 0 aromatic carbocycles. The van der Waals surface area contributed by atoms with Crippen molar-refractivity contribution in [1.82, 2.24) is 9.38 Å². The minimum absolute atomic E-state index is 0.373. The molecule has 0 aliphatic heterocycles. The van der Waals surface area contributed by atoms with Crippen molar-refractivity contribution in [3.63, 3.8) is 0 Å². The van der Waals surface area contributed by atoms with Gasteiger partial charge in [-0.2, -0.15) is 5.26 Å². The van der Waals surface area contributed by atoms with Gasteiger partial charge in [-0.15, -0.1) is 11.3 Å². The molecule has 0 fully saturated rings. The Morgan fingerprint density at radius 1 is 1.39 bits per heavy atom. The van der Waals surface area contributed by atoms with Crippen molar-refractivity contribution in [3.8, 4) is 16.6 Å². The summed E-state index contributed by atoms with van der Waals surface area (Å²) in [5.74, 6) is 0. The molecular formula is C14H11N3S. The smallest absolute Gasteiger partial charge is 0.137 e. The van der Waals surface area contributed by atoms with Crippen molar-refractivity contribution < 1.29 is 0 Å². The van der Waals surface area contributed by atoms with Crippen LogP contribution in [-0.4, -0.2) is 9.38 Å².